The summed E-state index contributed by atoms with van der Waals surface area (Å²) in [6.45, 7) is 0. The second-order valence-electron chi connectivity index (χ2n) is 5.14. The third kappa shape index (κ3) is 2.76. The van der Waals surface area contributed by atoms with Crippen molar-refractivity contribution in [3.05, 3.63) is 69.5 Å². The second-order valence-corrected chi connectivity index (χ2v) is 5.98. The summed E-state index contributed by atoms with van der Waals surface area (Å²) < 4.78 is 13.8. The van der Waals surface area contributed by atoms with Crippen LogP contribution < -0.4 is 5.32 Å². The van der Waals surface area contributed by atoms with E-state index in [9.17, 15) is 9.18 Å². The third-order valence-electron chi connectivity index (χ3n) is 3.69. The maximum absolute atomic E-state index is 13.8. The molecule has 0 saturated heterocycles. The van der Waals surface area contributed by atoms with Gasteiger partial charge in [-0.05, 0) is 42.7 Å². The van der Waals surface area contributed by atoms with Gasteiger partial charge in [-0.25, -0.2) is 4.39 Å². The van der Waals surface area contributed by atoms with Crippen LogP contribution in [0, 0.1) is 5.82 Å². The fourth-order valence-corrected chi connectivity index (χ4v) is 2.75. The van der Waals surface area contributed by atoms with Crippen molar-refractivity contribution in [3.8, 4) is 0 Å². The molecule has 0 bridgehead atoms. The van der Waals surface area contributed by atoms with E-state index in [-0.39, 0.29) is 10.6 Å². The van der Waals surface area contributed by atoms with E-state index in [0.29, 0.717) is 5.02 Å². The van der Waals surface area contributed by atoms with Gasteiger partial charge >= 0.3 is 0 Å². The van der Waals surface area contributed by atoms with Crippen LogP contribution in [0.15, 0.2) is 42.5 Å². The van der Waals surface area contributed by atoms with Crippen molar-refractivity contribution in [1.29, 1.82) is 0 Å². The van der Waals surface area contributed by atoms with Gasteiger partial charge in [0, 0.05) is 5.02 Å². The SMILES string of the molecule is O=C(NC1(c2ccc(Cl)cc2)CC1)c1c(F)cccc1Cl. The Morgan fingerprint density at radius 2 is 1.76 bits per heavy atom. The van der Waals surface area contributed by atoms with E-state index in [1.54, 1.807) is 12.1 Å². The molecular formula is C16H12Cl2FNO. The molecule has 0 atom stereocenters. The molecule has 1 fully saturated rings. The topological polar surface area (TPSA) is 29.1 Å². The highest BCUT2D eigenvalue weighted by Gasteiger charge is 2.46. The van der Waals surface area contributed by atoms with Crippen LogP contribution in [0.2, 0.25) is 10.0 Å². The van der Waals surface area contributed by atoms with Gasteiger partial charge in [0.2, 0.25) is 0 Å². The molecule has 2 aromatic rings. The normalized spacial score (nSPS) is 15.6. The monoisotopic (exact) mass is 323 g/mol. The van der Waals surface area contributed by atoms with Crippen LogP contribution in [0.5, 0.6) is 0 Å². The summed E-state index contributed by atoms with van der Waals surface area (Å²) in [5.74, 6) is -1.11. The summed E-state index contributed by atoms with van der Waals surface area (Å²) in [6.07, 6.45) is 1.62. The molecule has 2 aromatic carbocycles. The second kappa shape index (κ2) is 5.32. The molecule has 0 heterocycles. The molecule has 0 aromatic heterocycles. The lowest BCUT2D eigenvalue weighted by Crippen LogP contribution is -2.35. The molecule has 1 saturated carbocycles. The number of amides is 1. The average Bonchev–Trinajstić information content (AvgIpc) is 3.20. The summed E-state index contributed by atoms with van der Waals surface area (Å²) in [5, 5.41) is 3.64. The zero-order chi connectivity index (χ0) is 15.0. The Morgan fingerprint density at radius 3 is 2.33 bits per heavy atom. The van der Waals surface area contributed by atoms with E-state index in [0.717, 1.165) is 18.4 Å². The molecule has 108 valence electrons. The van der Waals surface area contributed by atoms with E-state index in [2.05, 4.69) is 5.32 Å². The first-order valence-corrected chi connectivity index (χ1v) is 7.30. The molecule has 0 spiro atoms. The van der Waals surface area contributed by atoms with Gasteiger partial charge in [0.25, 0.3) is 5.91 Å². The lowest BCUT2D eigenvalue weighted by atomic mass is 10.0. The summed E-state index contributed by atoms with van der Waals surface area (Å²) in [7, 11) is 0. The first-order valence-electron chi connectivity index (χ1n) is 6.54. The van der Waals surface area contributed by atoms with Crippen molar-refractivity contribution >= 4 is 29.1 Å². The minimum absolute atomic E-state index is 0.111. The first kappa shape index (κ1) is 14.4. The Balaban J connectivity index is 1.86. The van der Waals surface area contributed by atoms with Crippen LogP contribution in [0.1, 0.15) is 28.8 Å². The van der Waals surface area contributed by atoms with Gasteiger partial charge < -0.3 is 5.32 Å². The summed E-state index contributed by atoms with van der Waals surface area (Å²) in [4.78, 5) is 12.3. The molecule has 1 N–H and O–H groups in total. The lowest BCUT2D eigenvalue weighted by molar-refractivity contribution is 0.0927. The van der Waals surface area contributed by atoms with Crippen LogP contribution in [-0.2, 0) is 5.54 Å². The molecule has 0 unspecified atom stereocenters. The Morgan fingerprint density at radius 1 is 1.10 bits per heavy atom. The zero-order valence-corrected chi connectivity index (χ0v) is 12.5. The Kier molecular flexibility index (Phi) is 3.64. The van der Waals surface area contributed by atoms with Gasteiger partial charge in [0.05, 0.1) is 16.1 Å². The number of hydrogen-bond donors (Lipinski definition) is 1. The fourth-order valence-electron chi connectivity index (χ4n) is 2.37. The molecule has 5 heteroatoms. The minimum atomic E-state index is -0.619. The number of nitrogens with one attached hydrogen (secondary N) is 1. The Hall–Kier alpha value is -1.58. The van der Waals surface area contributed by atoms with E-state index < -0.39 is 17.3 Å². The molecule has 0 aliphatic heterocycles. The smallest absolute Gasteiger partial charge is 0.256 e. The van der Waals surface area contributed by atoms with E-state index in [1.807, 2.05) is 12.1 Å². The number of carbonyl (C=O) groups is 1. The zero-order valence-electron chi connectivity index (χ0n) is 11.0. The van der Waals surface area contributed by atoms with Gasteiger partial charge in [-0.15, -0.1) is 0 Å². The maximum Gasteiger partial charge on any atom is 0.256 e. The van der Waals surface area contributed by atoms with Crippen molar-refractivity contribution in [2.75, 3.05) is 0 Å². The highest BCUT2D eigenvalue weighted by atomic mass is 35.5. The Labute approximate surface area is 131 Å². The quantitative estimate of drug-likeness (QED) is 0.881. The van der Waals surface area contributed by atoms with Gasteiger partial charge in [-0.2, -0.15) is 0 Å². The van der Waals surface area contributed by atoms with Crippen molar-refractivity contribution in [3.63, 3.8) is 0 Å². The average molecular weight is 324 g/mol. The van der Waals surface area contributed by atoms with Gasteiger partial charge in [0.15, 0.2) is 0 Å². The van der Waals surface area contributed by atoms with Crippen LogP contribution in [0.3, 0.4) is 0 Å². The van der Waals surface area contributed by atoms with Gasteiger partial charge in [0.1, 0.15) is 5.82 Å². The van der Waals surface area contributed by atoms with Crippen molar-refractivity contribution in [2.24, 2.45) is 0 Å². The number of benzene rings is 2. The molecule has 21 heavy (non-hydrogen) atoms. The largest absolute Gasteiger partial charge is 0.342 e. The number of halogens is 3. The van der Waals surface area contributed by atoms with Crippen molar-refractivity contribution in [1.82, 2.24) is 5.32 Å². The standard InChI is InChI=1S/C16H12Cl2FNO/c17-11-6-4-10(5-7-11)16(8-9-16)20-15(21)14-12(18)2-1-3-13(14)19/h1-7H,8-9H2,(H,20,21). The third-order valence-corrected chi connectivity index (χ3v) is 4.26. The van der Waals surface area contributed by atoms with E-state index in [4.69, 9.17) is 23.2 Å². The summed E-state index contributed by atoms with van der Waals surface area (Å²) >= 11 is 11.8. The molecular weight excluding hydrogens is 312 g/mol. The van der Waals surface area contributed by atoms with Crippen LogP contribution in [0.4, 0.5) is 4.39 Å². The van der Waals surface area contributed by atoms with Gasteiger partial charge in [-0.3, -0.25) is 4.79 Å². The number of hydrogen-bond acceptors (Lipinski definition) is 1. The van der Waals surface area contributed by atoms with Crippen LogP contribution >= 0.6 is 23.2 Å². The Bertz CT molecular complexity index is 676. The van der Waals surface area contributed by atoms with Crippen molar-refractivity contribution < 1.29 is 9.18 Å². The molecule has 0 radical (unpaired) electrons. The highest BCUT2D eigenvalue weighted by molar-refractivity contribution is 6.33. The molecule has 2 nitrogen and oxygen atoms in total. The number of carbonyl (C=O) groups excluding carboxylic acids is 1. The van der Waals surface area contributed by atoms with Crippen LogP contribution in [0.25, 0.3) is 0 Å². The molecule has 1 aliphatic carbocycles. The fraction of sp³-hybridized carbons (Fsp3) is 0.188. The van der Waals surface area contributed by atoms with Gasteiger partial charge in [-0.1, -0.05) is 41.4 Å². The predicted octanol–water partition coefficient (Wildman–Crippen LogP) is 4.55. The highest BCUT2D eigenvalue weighted by Crippen LogP contribution is 2.46. The maximum atomic E-state index is 13.8. The summed E-state index contributed by atoms with van der Waals surface area (Å²) in [6, 6.07) is 11.5. The van der Waals surface area contributed by atoms with E-state index >= 15 is 0 Å². The molecule has 1 aliphatic rings. The number of rotatable bonds is 3. The first-order chi connectivity index (χ1) is 10.0. The molecule has 3 rings (SSSR count). The van der Waals surface area contributed by atoms with Crippen molar-refractivity contribution in [2.45, 2.75) is 18.4 Å². The minimum Gasteiger partial charge on any atom is -0.342 e. The van der Waals surface area contributed by atoms with Crippen LogP contribution in [-0.4, -0.2) is 5.91 Å². The molecule has 1 amide bonds. The predicted molar refractivity (Wildman–Crippen MR) is 81.2 cm³/mol. The summed E-state index contributed by atoms with van der Waals surface area (Å²) in [5.41, 5.74) is 0.417. The lowest BCUT2D eigenvalue weighted by Gasteiger charge is -2.18. The van der Waals surface area contributed by atoms with E-state index in [1.165, 1.54) is 18.2 Å².